The Balaban J connectivity index is 1.87. The van der Waals surface area contributed by atoms with Crippen LogP contribution < -0.4 is 10.4 Å². The Morgan fingerprint density at radius 2 is 1.93 bits per heavy atom. The average Bonchev–Trinajstić information content (AvgIpc) is 2.58. The molecule has 1 fully saturated rings. The van der Waals surface area contributed by atoms with E-state index in [1.807, 2.05) is 13.8 Å². The third kappa shape index (κ3) is 3.90. The number of aliphatic hydroxyl groups excluding tert-OH is 2. The number of carbonyl (C=O) groups is 1. The number of hydrogen-bond acceptors (Lipinski definition) is 7. The van der Waals surface area contributed by atoms with E-state index in [1.165, 1.54) is 13.0 Å². The lowest BCUT2D eigenvalue weighted by molar-refractivity contribution is -0.284. The molecule has 7 heteroatoms. The zero-order valence-corrected chi connectivity index (χ0v) is 15.8. The first-order chi connectivity index (χ1) is 12.6. The molecule has 2 N–H and O–H groups in total. The van der Waals surface area contributed by atoms with E-state index in [2.05, 4.69) is 0 Å². The number of ketones is 1. The monoisotopic (exact) mass is 376 g/mol. The highest BCUT2D eigenvalue weighted by molar-refractivity contribution is 5.82. The molecule has 27 heavy (non-hydrogen) atoms. The lowest BCUT2D eigenvalue weighted by Gasteiger charge is -2.46. The number of benzene rings is 1. The van der Waals surface area contributed by atoms with Gasteiger partial charge >= 0.3 is 5.63 Å². The van der Waals surface area contributed by atoms with Gasteiger partial charge in [-0.05, 0) is 39.0 Å². The number of aliphatic hydroxyl groups is 2. The minimum absolute atomic E-state index is 0.0176. The Kier molecular flexibility index (Phi) is 5.12. The van der Waals surface area contributed by atoms with Crippen LogP contribution in [0.25, 0.3) is 11.0 Å². The quantitative estimate of drug-likeness (QED) is 0.784. The fourth-order valence-electron chi connectivity index (χ4n) is 3.17. The third-order valence-electron chi connectivity index (χ3n) is 5.13. The summed E-state index contributed by atoms with van der Waals surface area (Å²) in [5, 5.41) is 21.2. The largest absolute Gasteiger partial charge is 0.462 e. The van der Waals surface area contributed by atoms with Crippen molar-refractivity contribution in [3.63, 3.8) is 0 Å². The summed E-state index contributed by atoms with van der Waals surface area (Å²) in [5.74, 6) is -0.0753. The maximum Gasteiger partial charge on any atom is 0.339 e. The summed E-state index contributed by atoms with van der Waals surface area (Å²) in [7, 11) is 0. The predicted molar refractivity (Wildman–Crippen MR) is 97.6 cm³/mol. The summed E-state index contributed by atoms with van der Waals surface area (Å²) in [4.78, 5) is 23.3. The number of rotatable bonds is 4. The van der Waals surface area contributed by atoms with Crippen LogP contribution in [-0.4, -0.2) is 40.1 Å². The van der Waals surface area contributed by atoms with Gasteiger partial charge in [0.25, 0.3) is 0 Å². The first kappa shape index (κ1) is 19.5. The first-order valence-corrected chi connectivity index (χ1v) is 8.85. The minimum Gasteiger partial charge on any atom is -0.462 e. The molecule has 146 valence electrons. The van der Waals surface area contributed by atoms with Gasteiger partial charge in [0.2, 0.25) is 6.29 Å². The molecule has 2 aromatic rings. The molecule has 0 aliphatic carbocycles. The second-order valence-corrected chi connectivity index (χ2v) is 7.61. The number of hydrogen-bond donors (Lipinski definition) is 2. The second kappa shape index (κ2) is 7.07. The van der Waals surface area contributed by atoms with Crippen LogP contribution in [0.1, 0.15) is 33.3 Å². The summed E-state index contributed by atoms with van der Waals surface area (Å²) in [5.41, 5.74) is -0.667. The number of ether oxygens (including phenoxy) is 2. The number of fused-ring (bicyclic) bond motifs is 1. The molecule has 1 aromatic heterocycles. The molecule has 0 amide bonds. The van der Waals surface area contributed by atoms with Crippen molar-refractivity contribution in [2.24, 2.45) is 5.92 Å². The first-order valence-electron chi connectivity index (χ1n) is 8.85. The van der Waals surface area contributed by atoms with Gasteiger partial charge in [-0.2, -0.15) is 0 Å². The highest BCUT2D eigenvalue weighted by atomic mass is 16.7. The van der Waals surface area contributed by atoms with Crippen molar-refractivity contribution in [2.45, 2.75) is 58.2 Å². The van der Waals surface area contributed by atoms with Crippen LogP contribution in [0.3, 0.4) is 0 Å². The molecule has 1 aliphatic rings. The van der Waals surface area contributed by atoms with Crippen molar-refractivity contribution in [1.29, 1.82) is 0 Å². The van der Waals surface area contributed by atoms with E-state index in [0.717, 1.165) is 0 Å². The van der Waals surface area contributed by atoms with Gasteiger partial charge < -0.3 is 24.1 Å². The summed E-state index contributed by atoms with van der Waals surface area (Å²) in [6.45, 7) is 6.85. The normalized spacial score (nSPS) is 27.5. The van der Waals surface area contributed by atoms with E-state index in [4.69, 9.17) is 13.9 Å². The maximum absolute atomic E-state index is 12.0. The van der Waals surface area contributed by atoms with Gasteiger partial charge in [-0.15, -0.1) is 0 Å². The summed E-state index contributed by atoms with van der Waals surface area (Å²) in [6, 6.07) is 6.47. The van der Waals surface area contributed by atoms with Crippen LogP contribution >= 0.6 is 0 Å². The molecule has 4 atom stereocenters. The minimum atomic E-state index is -1.21. The maximum atomic E-state index is 12.0. The molecule has 0 saturated carbocycles. The van der Waals surface area contributed by atoms with Crippen molar-refractivity contribution in [3.05, 3.63) is 40.2 Å². The standard InChI is InChI=1S/C20H24O7/c1-10(21)7-13-8-12-5-6-14(9-15(12)26-18(13)24)25-19-17(23)16(22)11(2)20(3,4)27-19/h5-6,8-9,11,16-17,19,22-23H,7H2,1-4H3/t11-,16+,17+,19?/m1/s1. The van der Waals surface area contributed by atoms with Gasteiger partial charge in [-0.3, -0.25) is 4.79 Å². The fraction of sp³-hybridized carbons (Fsp3) is 0.500. The predicted octanol–water partition coefficient (Wildman–Crippen LogP) is 1.80. The van der Waals surface area contributed by atoms with Crippen LogP contribution in [0, 0.1) is 5.92 Å². The zero-order valence-electron chi connectivity index (χ0n) is 15.8. The Bertz CT molecular complexity index is 914. The van der Waals surface area contributed by atoms with Crippen LogP contribution in [0.4, 0.5) is 0 Å². The van der Waals surface area contributed by atoms with Crippen molar-refractivity contribution < 1.29 is 28.9 Å². The van der Waals surface area contributed by atoms with E-state index < -0.39 is 29.7 Å². The molecule has 7 nitrogen and oxygen atoms in total. The fourth-order valence-corrected chi connectivity index (χ4v) is 3.17. The lowest BCUT2D eigenvalue weighted by Crippen LogP contribution is -2.59. The van der Waals surface area contributed by atoms with Crippen molar-refractivity contribution >= 4 is 16.8 Å². The van der Waals surface area contributed by atoms with Crippen molar-refractivity contribution in [3.8, 4) is 5.75 Å². The molecule has 1 unspecified atom stereocenters. The van der Waals surface area contributed by atoms with Gasteiger partial charge in [0.05, 0.1) is 11.7 Å². The van der Waals surface area contributed by atoms with Gasteiger partial charge in [0.15, 0.2) is 0 Å². The van der Waals surface area contributed by atoms with Crippen LogP contribution in [0.5, 0.6) is 5.75 Å². The summed E-state index contributed by atoms with van der Waals surface area (Å²) < 4.78 is 16.8. The molecular formula is C20H24O7. The molecule has 2 heterocycles. The van der Waals surface area contributed by atoms with Crippen molar-refractivity contribution in [1.82, 2.24) is 0 Å². The second-order valence-electron chi connectivity index (χ2n) is 7.61. The molecule has 3 rings (SSSR count). The topological polar surface area (TPSA) is 106 Å². The SMILES string of the molecule is CC(=O)Cc1cc2ccc(OC3OC(C)(C)[C@H](C)[C@H](O)[C@@H]3O)cc2oc1=O. The van der Waals surface area contributed by atoms with Crippen LogP contribution in [0.15, 0.2) is 33.5 Å². The summed E-state index contributed by atoms with van der Waals surface area (Å²) in [6.07, 6.45) is -3.25. The molecule has 1 saturated heterocycles. The number of carbonyl (C=O) groups excluding carboxylic acids is 1. The van der Waals surface area contributed by atoms with Crippen molar-refractivity contribution in [2.75, 3.05) is 0 Å². The van der Waals surface area contributed by atoms with Gasteiger partial charge in [0.1, 0.15) is 23.2 Å². The zero-order chi connectivity index (χ0) is 19.9. The van der Waals surface area contributed by atoms with E-state index >= 15 is 0 Å². The summed E-state index contributed by atoms with van der Waals surface area (Å²) >= 11 is 0. The average molecular weight is 376 g/mol. The van der Waals surface area contributed by atoms with Crippen LogP contribution in [0.2, 0.25) is 0 Å². The number of Topliss-reactive ketones (excluding diaryl/α,β-unsaturated/α-hetero) is 1. The third-order valence-corrected chi connectivity index (χ3v) is 5.13. The Morgan fingerprint density at radius 3 is 2.59 bits per heavy atom. The van der Waals surface area contributed by atoms with E-state index in [-0.39, 0.29) is 18.1 Å². The highest BCUT2D eigenvalue weighted by Gasteiger charge is 2.47. The Hall–Kier alpha value is -2.22. The lowest BCUT2D eigenvalue weighted by atomic mass is 9.82. The molecule has 0 spiro atoms. The van der Waals surface area contributed by atoms with Crippen LogP contribution in [-0.2, 0) is 16.0 Å². The van der Waals surface area contributed by atoms with Gasteiger partial charge in [-0.25, -0.2) is 4.79 Å². The Morgan fingerprint density at radius 1 is 1.22 bits per heavy atom. The van der Waals surface area contributed by atoms with E-state index in [0.29, 0.717) is 22.3 Å². The van der Waals surface area contributed by atoms with Gasteiger partial charge in [-0.1, -0.05) is 6.92 Å². The molecule has 0 bridgehead atoms. The molecular weight excluding hydrogens is 352 g/mol. The highest BCUT2D eigenvalue weighted by Crippen LogP contribution is 2.35. The molecule has 0 radical (unpaired) electrons. The molecule has 1 aliphatic heterocycles. The van der Waals surface area contributed by atoms with Gasteiger partial charge in [0, 0.05) is 29.4 Å². The smallest absolute Gasteiger partial charge is 0.339 e. The van der Waals surface area contributed by atoms with E-state index in [1.54, 1.807) is 25.1 Å². The Labute approximate surface area is 156 Å². The molecule has 1 aromatic carbocycles. The van der Waals surface area contributed by atoms with E-state index in [9.17, 15) is 19.8 Å².